The van der Waals surface area contributed by atoms with Crippen LogP contribution in [-0.2, 0) is 11.2 Å². The van der Waals surface area contributed by atoms with Gasteiger partial charge in [0.1, 0.15) is 5.82 Å². The first-order valence-electron chi connectivity index (χ1n) is 8.72. The van der Waals surface area contributed by atoms with E-state index in [0.29, 0.717) is 17.3 Å². The second-order valence-electron chi connectivity index (χ2n) is 6.69. The van der Waals surface area contributed by atoms with Gasteiger partial charge in [0.05, 0.1) is 23.6 Å². The van der Waals surface area contributed by atoms with E-state index in [2.05, 4.69) is 26.6 Å². The highest BCUT2D eigenvalue weighted by Gasteiger charge is 2.22. The Hall–Kier alpha value is -2.60. The largest absolute Gasteiger partial charge is 0.379 e. The molecule has 4 rings (SSSR count). The first kappa shape index (κ1) is 15.9. The van der Waals surface area contributed by atoms with E-state index < -0.39 is 0 Å². The minimum atomic E-state index is -0.0642. The summed E-state index contributed by atoms with van der Waals surface area (Å²) in [5.41, 5.74) is 2.05. The van der Waals surface area contributed by atoms with Gasteiger partial charge in [-0.15, -0.1) is 0 Å². The SMILES string of the molecule is O=c1[nH][nH]c2cc(CCC3COCC(Nc4ccccn4)C3)ccc12. The van der Waals surface area contributed by atoms with Gasteiger partial charge in [0.15, 0.2) is 0 Å². The van der Waals surface area contributed by atoms with Crippen LogP contribution in [0.25, 0.3) is 10.9 Å². The van der Waals surface area contributed by atoms with E-state index in [4.69, 9.17) is 4.74 Å². The summed E-state index contributed by atoms with van der Waals surface area (Å²) in [6.07, 6.45) is 4.93. The van der Waals surface area contributed by atoms with E-state index in [1.54, 1.807) is 6.20 Å². The summed E-state index contributed by atoms with van der Waals surface area (Å²) < 4.78 is 5.79. The molecule has 1 saturated heterocycles. The number of H-pyrrole nitrogens is 2. The first-order valence-corrected chi connectivity index (χ1v) is 8.72. The van der Waals surface area contributed by atoms with Crippen LogP contribution in [0.15, 0.2) is 47.4 Å². The maximum atomic E-state index is 11.6. The number of fused-ring (bicyclic) bond motifs is 1. The number of anilines is 1. The third-order valence-corrected chi connectivity index (χ3v) is 4.79. The Balaban J connectivity index is 1.34. The lowest BCUT2D eigenvalue weighted by Gasteiger charge is -2.30. The van der Waals surface area contributed by atoms with Crippen LogP contribution in [0.4, 0.5) is 5.82 Å². The van der Waals surface area contributed by atoms with Crippen LogP contribution in [0.1, 0.15) is 18.4 Å². The summed E-state index contributed by atoms with van der Waals surface area (Å²) in [6, 6.07) is 12.2. The average molecular weight is 338 g/mol. The lowest BCUT2D eigenvalue weighted by molar-refractivity contribution is 0.0432. The number of aryl methyl sites for hydroxylation is 1. The molecule has 25 heavy (non-hydrogen) atoms. The van der Waals surface area contributed by atoms with Crippen molar-refractivity contribution in [3.63, 3.8) is 0 Å². The van der Waals surface area contributed by atoms with E-state index >= 15 is 0 Å². The summed E-state index contributed by atoms with van der Waals surface area (Å²) in [5.74, 6) is 1.43. The predicted molar refractivity (Wildman–Crippen MR) is 97.8 cm³/mol. The summed E-state index contributed by atoms with van der Waals surface area (Å²) >= 11 is 0. The van der Waals surface area contributed by atoms with Crippen LogP contribution >= 0.6 is 0 Å². The lowest BCUT2D eigenvalue weighted by atomic mass is 9.92. The van der Waals surface area contributed by atoms with Crippen LogP contribution in [-0.4, -0.2) is 34.4 Å². The Morgan fingerprint density at radius 2 is 2.16 bits per heavy atom. The van der Waals surface area contributed by atoms with Crippen molar-refractivity contribution in [2.45, 2.75) is 25.3 Å². The Morgan fingerprint density at radius 3 is 3.04 bits per heavy atom. The van der Waals surface area contributed by atoms with Crippen molar-refractivity contribution in [1.82, 2.24) is 15.2 Å². The molecule has 6 heteroatoms. The van der Waals surface area contributed by atoms with Gasteiger partial charge in [-0.1, -0.05) is 12.1 Å². The van der Waals surface area contributed by atoms with Gasteiger partial charge >= 0.3 is 0 Å². The van der Waals surface area contributed by atoms with Crippen LogP contribution < -0.4 is 10.9 Å². The Kier molecular flexibility index (Phi) is 4.52. The molecule has 3 N–H and O–H groups in total. The number of ether oxygens (including phenoxy) is 1. The van der Waals surface area contributed by atoms with E-state index in [1.165, 1.54) is 5.56 Å². The van der Waals surface area contributed by atoms with Crippen molar-refractivity contribution in [3.8, 4) is 0 Å². The number of aromatic nitrogens is 3. The molecule has 2 aromatic heterocycles. The standard InChI is InChI=1S/C19H22N4O2/c24-19-16-7-6-13(10-17(16)22-23-19)4-5-14-9-15(12-25-11-14)21-18-3-1-2-8-20-18/h1-3,6-8,10,14-15H,4-5,9,11-12H2,(H,20,21)(H2,22,23,24). The number of nitrogens with zero attached hydrogens (tertiary/aromatic N) is 1. The number of pyridine rings is 1. The monoisotopic (exact) mass is 338 g/mol. The number of hydrogen-bond donors (Lipinski definition) is 3. The zero-order chi connectivity index (χ0) is 17.1. The van der Waals surface area contributed by atoms with Crippen LogP contribution in [0, 0.1) is 5.92 Å². The van der Waals surface area contributed by atoms with Gasteiger partial charge in [0.25, 0.3) is 5.56 Å². The second kappa shape index (κ2) is 7.11. The maximum absolute atomic E-state index is 11.6. The molecule has 1 fully saturated rings. The number of nitrogens with one attached hydrogen (secondary N) is 3. The fourth-order valence-corrected chi connectivity index (χ4v) is 3.49. The molecule has 1 aliphatic heterocycles. The van der Waals surface area contributed by atoms with Gasteiger partial charge in [-0.25, -0.2) is 4.98 Å². The van der Waals surface area contributed by atoms with Crippen molar-refractivity contribution >= 4 is 16.7 Å². The van der Waals surface area contributed by atoms with Gasteiger partial charge < -0.3 is 10.1 Å². The van der Waals surface area contributed by atoms with Crippen LogP contribution in [0.2, 0.25) is 0 Å². The fourth-order valence-electron chi connectivity index (χ4n) is 3.49. The fraction of sp³-hybridized carbons (Fsp3) is 0.368. The van der Waals surface area contributed by atoms with E-state index in [1.807, 2.05) is 30.3 Å². The van der Waals surface area contributed by atoms with Gasteiger partial charge in [0, 0.05) is 12.8 Å². The van der Waals surface area contributed by atoms with E-state index in [0.717, 1.165) is 43.8 Å². The third-order valence-electron chi connectivity index (χ3n) is 4.79. The summed E-state index contributed by atoms with van der Waals surface area (Å²) in [6.45, 7) is 1.53. The molecule has 1 aliphatic rings. The molecular weight excluding hydrogens is 316 g/mol. The molecule has 6 nitrogen and oxygen atoms in total. The number of rotatable bonds is 5. The Morgan fingerprint density at radius 1 is 1.20 bits per heavy atom. The molecule has 0 bridgehead atoms. The molecule has 0 aliphatic carbocycles. The van der Waals surface area contributed by atoms with Crippen LogP contribution in [0.5, 0.6) is 0 Å². The highest BCUT2D eigenvalue weighted by molar-refractivity contribution is 5.78. The summed E-state index contributed by atoms with van der Waals surface area (Å²) in [7, 11) is 0. The third kappa shape index (κ3) is 3.74. The molecule has 0 radical (unpaired) electrons. The smallest absolute Gasteiger partial charge is 0.271 e. The second-order valence-corrected chi connectivity index (χ2v) is 6.69. The molecular formula is C19H22N4O2. The van der Waals surface area contributed by atoms with Gasteiger partial charge in [0.2, 0.25) is 0 Å². The van der Waals surface area contributed by atoms with Crippen molar-refractivity contribution < 1.29 is 4.74 Å². The highest BCUT2D eigenvalue weighted by atomic mass is 16.5. The summed E-state index contributed by atoms with van der Waals surface area (Å²) in [4.78, 5) is 15.9. The van der Waals surface area contributed by atoms with Crippen molar-refractivity contribution in [3.05, 3.63) is 58.5 Å². The molecule has 130 valence electrons. The Labute approximate surface area is 145 Å². The first-order chi connectivity index (χ1) is 12.3. The quantitative estimate of drug-likeness (QED) is 0.668. The predicted octanol–water partition coefficient (Wildman–Crippen LogP) is 2.70. The molecule has 0 amide bonds. The van der Waals surface area contributed by atoms with Crippen molar-refractivity contribution in [2.24, 2.45) is 5.92 Å². The zero-order valence-corrected chi connectivity index (χ0v) is 14.0. The molecule has 2 unspecified atom stereocenters. The average Bonchev–Trinajstić information content (AvgIpc) is 3.02. The summed E-state index contributed by atoms with van der Waals surface area (Å²) in [5, 5.41) is 9.71. The molecule has 2 atom stereocenters. The molecule has 0 saturated carbocycles. The normalized spacial score (nSPS) is 20.6. The zero-order valence-electron chi connectivity index (χ0n) is 14.0. The van der Waals surface area contributed by atoms with Gasteiger partial charge in [-0.05, 0) is 55.0 Å². The van der Waals surface area contributed by atoms with Gasteiger partial charge in [-0.2, -0.15) is 0 Å². The Bertz CT molecular complexity index is 887. The molecule has 0 spiro atoms. The van der Waals surface area contributed by atoms with E-state index in [-0.39, 0.29) is 5.56 Å². The van der Waals surface area contributed by atoms with Crippen molar-refractivity contribution in [2.75, 3.05) is 18.5 Å². The molecule has 3 aromatic rings. The topological polar surface area (TPSA) is 82.8 Å². The lowest BCUT2D eigenvalue weighted by Crippen LogP contribution is -2.35. The van der Waals surface area contributed by atoms with E-state index in [9.17, 15) is 4.79 Å². The number of aromatic amines is 2. The van der Waals surface area contributed by atoms with Gasteiger partial charge in [-0.3, -0.25) is 15.0 Å². The minimum Gasteiger partial charge on any atom is -0.379 e. The van der Waals surface area contributed by atoms with Crippen molar-refractivity contribution in [1.29, 1.82) is 0 Å². The maximum Gasteiger partial charge on any atom is 0.271 e. The minimum absolute atomic E-state index is 0.0642. The molecule has 1 aromatic carbocycles. The number of hydrogen-bond acceptors (Lipinski definition) is 4. The van der Waals surface area contributed by atoms with Crippen LogP contribution in [0.3, 0.4) is 0 Å². The molecule has 3 heterocycles. The highest BCUT2D eigenvalue weighted by Crippen LogP contribution is 2.22. The number of benzene rings is 1.